The van der Waals surface area contributed by atoms with Crippen molar-refractivity contribution in [3.05, 3.63) is 24.3 Å². The van der Waals surface area contributed by atoms with E-state index in [9.17, 15) is 9.59 Å². The monoisotopic (exact) mass is 269 g/mol. The zero-order valence-corrected chi connectivity index (χ0v) is 11.4. The minimum Gasteiger partial charge on any atom is -0.275 e. The van der Waals surface area contributed by atoms with Gasteiger partial charge >= 0.3 is 0 Å². The van der Waals surface area contributed by atoms with Gasteiger partial charge in [-0.15, -0.1) is 0 Å². The van der Waals surface area contributed by atoms with E-state index in [1.807, 2.05) is 0 Å². The van der Waals surface area contributed by atoms with Crippen LogP contribution in [0.15, 0.2) is 24.3 Å². The molecule has 0 N–H and O–H groups in total. The number of hydrogen-bond donors (Lipinski definition) is 0. The van der Waals surface area contributed by atoms with Crippen molar-refractivity contribution in [2.24, 2.45) is 41.4 Å². The molecule has 7 unspecified atom stereocenters. The van der Waals surface area contributed by atoms with Gasteiger partial charge in [-0.05, 0) is 60.7 Å². The molecule has 0 aromatic carbocycles. The van der Waals surface area contributed by atoms with Gasteiger partial charge in [0.15, 0.2) is 0 Å². The van der Waals surface area contributed by atoms with Gasteiger partial charge in [0.2, 0.25) is 0 Å². The quantitative estimate of drug-likeness (QED) is 0.437. The third-order valence-electron chi connectivity index (χ3n) is 6.73. The van der Waals surface area contributed by atoms with Gasteiger partial charge < -0.3 is 0 Å². The second-order valence-electron chi connectivity index (χ2n) is 7.38. The Morgan fingerprint density at radius 2 is 1.65 bits per heavy atom. The number of amides is 2. The molecule has 3 heteroatoms. The molecule has 20 heavy (non-hydrogen) atoms. The Balaban J connectivity index is 1.37. The van der Waals surface area contributed by atoms with E-state index in [4.69, 9.17) is 0 Å². The molecule has 0 aromatic heterocycles. The van der Waals surface area contributed by atoms with Crippen LogP contribution in [0.1, 0.15) is 19.3 Å². The summed E-state index contributed by atoms with van der Waals surface area (Å²) in [5, 5.41) is 0. The van der Waals surface area contributed by atoms with Crippen molar-refractivity contribution >= 4 is 11.8 Å². The molecule has 1 aliphatic heterocycles. The van der Waals surface area contributed by atoms with Crippen molar-refractivity contribution in [1.82, 2.24) is 4.90 Å². The summed E-state index contributed by atoms with van der Waals surface area (Å²) >= 11 is 0. The molecule has 2 amide bonds. The van der Waals surface area contributed by atoms with E-state index < -0.39 is 0 Å². The fraction of sp³-hybridized carbons (Fsp3) is 0.647. The molecular weight excluding hydrogens is 250 g/mol. The molecular formula is C17H19NO2. The van der Waals surface area contributed by atoms with Gasteiger partial charge in [0.1, 0.15) is 0 Å². The maximum atomic E-state index is 11.7. The van der Waals surface area contributed by atoms with Gasteiger partial charge in [0, 0.05) is 18.7 Å². The fourth-order valence-electron chi connectivity index (χ4n) is 6.21. The van der Waals surface area contributed by atoms with E-state index in [1.54, 1.807) is 0 Å². The number of nitrogens with zero attached hydrogens (tertiary/aromatic N) is 1. The number of carbonyl (C=O) groups excluding carboxylic acids is 2. The minimum atomic E-state index is -0.109. The van der Waals surface area contributed by atoms with Crippen LogP contribution in [0.4, 0.5) is 0 Å². The van der Waals surface area contributed by atoms with E-state index in [0.29, 0.717) is 12.5 Å². The van der Waals surface area contributed by atoms with Crippen LogP contribution in [0, 0.1) is 41.4 Å². The summed E-state index contributed by atoms with van der Waals surface area (Å²) in [5.74, 6) is 5.38. The molecule has 3 saturated carbocycles. The van der Waals surface area contributed by atoms with Crippen molar-refractivity contribution in [1.29, 1.82) is 0 Å². The number of hydrogen-bond acceptors (Lipinski definition) is 2. The SMILES string of the molecule is O=C1C=CC(=O)N1CC1CC2CC1C1C3C=CC(C3)C21. The van der Waals surface area contributed by atoms with Crippen LogP contribution in [0.5, 0.6) is 0 Å². The van der Waals surface area contributed by atoms with Gasteiger partial charge in [0.25, 0.3) is 11.8 Å². The van der Waals surface area contributed by atoms with Gasteiger partial charge in [0.05, 0.1) is 0 Å². The van der Waals surface area contributed by atoms with Crippen molar-refractivity contribution in [3.8, 4) is 0 Å². The molecule has 5 aliphatic rings. The van der Waals surface area contributed by atoms with Gasteiger partial charge in [-0.1, -0.05) is 12.2 Å². The molecule has 5 rings (SSSR count). The van der Waals surface area contributed by atoms with Gasteiger partial charge in [-0.25, -0.2) is 0 Å². The zero-order valence-electron chi connectivity index (χ0n) is 11.4. The highest BCUT2D eigenvalue weighted by Gasteiger charge is 2.61. The van der Waals surface area contributed by atoms with Crippen molar-refractivity contribution in [2.75, 3.05) is 6.54 Å². The Labute approximate surface area is 118 Å². The molecule has 3 nitrogen and oxygen atoms in total. The first-order valence-corrected chi connectivity index (χ1v) is 7.94. The highest BCUT2D eigenvalue weighted by atomic mass is 16.2. The number of carbonyl (C=O) groups is 2. The summed E-state index contributed by atoms with van der Waals surface area (Å²) in [5.41, 5.74) is 0. The van der Waals surface area contributed by atoms with Crippen LogP contribution >= 0.6 is 0 Å². The lowest BCUT2D eigenvalue weighted by Crippen LogP contribution is -2.40. The lowest BCUT2D eigenvalue weighted by atomic mass is 9.69. The predicted octanol–water partition coefficient (Wildman–Crippen LogP) is 2.01. The molecule has 4 aliphatic carbocycles. The zero-order chi connectivity index (χ0) is 13.4. The summed E-state index contributed by atoms with van der Waals surface area (Å²) in [6.07, 6.45) is 11.7. The average Bonchev–Trinajstić information content (AvgIpc) is 3.19. The largest absolute Gasteiger partial charge is 0.275 e. The Morgan fingerprint density at radius 3 is 2.40 bits per heavy atom. The molecule has 7 atom stereocenters. The molecule has 0 saturated heterocycles. The Kier molecular flexibility index (Phi) is 2.05. The van der Waals surface area contributed by atoms with E-state index in [1.165, 1.54) is 36.3 Å². The molecule has 0 radical (unpaired) electrons. The predicted molar refractivity (Wildman–Crippen MR) is 73.3 cm³/mol. The highest BCUT2D eigenvalue weighted by molar-refractivity contribution is 6.12. The standard InChI is InChI=1S/C17H19NO2/c19-14-3-4-15(20)18(14)8-12-6-11-7-13(12)17-10-2-1-9(5-10)16(11)17/h1-4,9-13,16-17H,5-8H2. The molecule has 0 aromatic rings. The second kappa shape index (κ2) is 3.63. The molecule has 104 valence electrons. The average molecular weight is 269 g/mol. The maximum absolute atomic E-state index is 11.7. The number of fused-ring (bicyclic) bond motifs is 9. The summed E-state index contributed by atoms with van der Waals surface area (Å²) in [6, 6.07) is 0. The number of imide groups is 1. The van der Waals surface area contributed by atoms with Crippen LogP contribution in [-0.2, 0) is 9.59 Å². The Bertz CT molecular complexity index is 545. The molecule has 1 heterocycles. The first-order chi connectivity index (χ1) is 9.72. The molecule has 3 fully saturated rings. The first-order valence-electron chi connectivity index (χ1n) is 7.94. The van der Waals surface area contributed by atoms with Gasteiger partial charge in [-0.3, -0.25) is 14.5 Å². The molecule has 0 spiro atoms. The smallest absolute Gasteiger partial charge is 0.253 e. The van der Waals surface area contributed by atoms with E-state index in [0.717, 1.165) is 35.5 Å². The van der Waals surface area contributed by atoms with Gasteiger partial charge in [-0.2, -0.15) is 0 Å². The lowest BCUT2D eigenvalue weighted by Gasteiger charge is -2.37. The van der Waals surface area contributed by atoms with E-state index in [2.05, 4.69) is 12.2 Å². The van der Waals surface area contributed by atoms with E-state index in [-0.39, 0.29) is 11.8 Å². The first kappa shape index (κ1) is 11.3. The van der Waals surface area contributed by atoms with Crippen molar-refractivity contribution in [2.45, 2.75) is 19.3 Å². The van der Waals surface area contributed by atoms with E-state index >= 15 is 0 Å². The van der Waals surface area contributed by atoms with Crippen molar-refractivity contribution in [3.63, 3.8) is 0 Å². The number of rotatable bonds is 2. The highest BCUT2D eigenvalue weighted by Crippen LogP contribution is 2.66. The summed E-state index contributed by atoms with van der Waals surface area (Å²) in [6.45, 7) is 0.663. The normalized spacial score (nSPS) is 50.8. The Hall–Kier alpha value is -1.38. The van der Waals surface area contributed by atoms with Crippen LogP contribution in [0.3, 0.4) is 0 Å². The van der Waals surface area contributed by atoms with Crippen LogP contribution in [-0.4, -0.2) is 23.3 Å². The Morgan fingerprint density at radius 1 is 0.950 bits per heavy atom. The topological polar surface area (TPSA) is 37.4 Å². The third-order valence-corrected chi connectivity index (χ3v) is 6.73. The summed E-state index contributed by atoms with van der Waals surface area (Å²) in [7, 11) is 0. The molecule has 4 bridgehead atoms. The summed E-state index contributed by atoms with van der Waals surface area (Å²) in [4.78, 5) is 24.9. The van der Waals surface area contributed by atoms with Crippen LogP contribution in [0.2, 0.25) is 0 Å². The number of allylic oxidation sites excluding steroid dienone is 2. The van der Waals surface area contributed by atoms with Crippen molar-refractivity contribution < 1.29 is 9.59 Å². The summed E-state index contributed by atoms with van der Waals surface area (Å²) < 4.78 is 0. The van der Waals surface area contributed by atoms with Crippen LogP contribution in [0.25, 0.3) is 0 Å². The third kappa shape index (κ3) is 1.26. The van der Waals surface area contributed by atoms with Crippen LogP contribution < -0.4 is 0 Å². The minimum absolute atomic E-state index is 0.109. The maximum Gasteiger partial charge on any atom is 0.253 e. The second-order valence-corrected chi connectivity index (χ2v) is 7.38. The fourth-order valence-corrected chi connectivity index (χ4v) is 6.21. The lowest BCUT2D eigenvalue weighted by molar-refractivity contribution is -0.138.